The molecule has 0 atom stereocenters. The molecule has 1 saturated heterocycles. The molecule has 1 heterocycles. The summed E-state index contributed by atoms with van der Waals surface area (Å²) in [5.41, 5.74) is -0.796. The summed E-state index contributed by atoms with van der Waals surface area (Å²) in [4.78, 5) is 36.9. The SMILES string of the molecule is C#CCNC(=O)CN1C(=O)NC2(CCC(C)CC2)C1=O. The van der Waals surface area contributed by atoms with Gasteiger partial charge < -0.3 is 10.6 Å². The Morgan fingerprint density at radius 1 is 1.50 bits per heavy atom. The molecule has 6 heteroatoms. The van der Waals surface area contributed by atoms with Crippen LogP contribution < -0.4 is 10.6 Å². The normalized spacial score (nSPS) is 29.2. The van der Waals surface area contributed by atoms with Gasteiger partial charge >= 0.3 is 6.03 Å². The number of carbonyl (C=O) groups is 3. The van der Waals surface area contributed by atoms with Crippen molar-refractivity contribution in [2.24, 2.45) is 5.92 Å². The molecule has 1 aliphatic carbocycles. The van der Waals surface area contributed by atoms with Gasteiger partial charge in [0.05, 0.1) is 6.54 Å². The molecule has 4 amide bonds. The van der Waals surface area contributed by atoms with E-state index in [1.165, 1.54) is 0 Å². The van der Waals surface area contributed by atoms with Gasteiger partial charge in [0, 0.05) is 0 Å². The highest BCUT2D eigenvalue weighted by molar-refractivity contribution is 6.09. The van der Waals surface area contributed by atoms with Gasteiger partial charge in [0.25, 0.3) is 5.91 Å². The van der Waals surface area contributed by atoms with Crippen molar-refractivity contribution in [1.82, 2.24) is 15.5 Å². The zero-order chi connectivity index (χ0) is 14.8. The fourth-order valence-electron chi connectivity index (χ4n) is 2.76. The minimum absolute atomic E-state index is 0.0884. The third-order valence-corrected chi connectivity index (χ3v) is 4.06. The first kappa shape index (κ1) is 14.4. The van der Waals surface area contributed by atoms with Gasteiger partial charge in [-0.05, 0) is 31.6 Å². The molecule has 0 bridgehead atoms. The number of hydrogen-bond acceptors (Lipinski definition) is 3. The second-order valence-corrected chi connectivity index (χ2v) is 5.57. The minimum Gasteiger partial charge on any atom is -0.344 e. The smallest absolute Gasteiger partial charge is 0.325 e. The quantitative estimate of drug-likeness (QED) is 0.573. The van der Waals surface area contributed by atoms with Crippen molar-refractivity contribution in [2.45, 2.75) is 38.1 Å². The van der Waals surface area contributed by atoms with Crippen LogP contribution in [0.3, 0.4) is 0 Å². The van der Waals surface area contributed by atoms with Crippen LogP contribution in [0, 0.1) is 18.3 Å². The van der Waals surface area contributed by atoms with Crippen LogP contribution in [0.1, 0.15) is 32.6 Å². The van der Waals surface area contributed by atoms with Gasteiger partial charge in [-0.1, -0.05) is 12.8 Å². The summed E-state index contributed by atoms with van der Waals surface area (Å²) in [7, 11) is 0. The Hall–Kier alpha value is -2.03. The second kappa shape index (κ2) is 5.53. The van der Waals surface area contributed by atoms with Gasteiger partial charge in [-0.2, -0.15) is 0 Å². The fourth-order valence-corrected chi connectivity index (χ4v) is 2.76. The molecule has 2 fully saturated rings. The van der Waals surface area contributed by atoms with Gasteiger partial charge in [-0.3, -0.25) is 14.5 Å². The predicted octanol–water partition coefficient (Wildman–Crippen LogP) is 0.236. The topological polar surface area (TPSA) is 78.5 Å². The molecule has 2 rings (SSSR count). The molecule has 0 aromatic heterocycles. The molecule has 0 aromatic rings. The lowest BCUT2D eigenvalue weighted by molar-refractivity contribution is -0.136. The predicted molar refractivity (Wildman–Crippen MR) is 72.5 cm³/mol. The second-order valence-electron chi connectivity index (χ2n) is 5.57. The van der Waals surface area contributed by atoms with Crippen molar-refractivity contribution in [2.75, 3.05) is 13.1 Å². The number of terminal acetylenes is 1. The minimum atomic E-state index is -0.796. The van der Waals surface area contributed by atoms with Crippen molar-refractivity contribution >= 4 is 17.8 Å². The van der Waals surface area contributed by atoms with Gasteiger partial charge in [0.2, 0.25) is 5.91 Å². The summed E-state index contributed by atoms with van der Waals surface area (Å²) in [6.07, 6.45) is 8.13. The monoisotopic (exact) mass is 277 g/mol. The fraction of sp³-hybridized carbons (Fsp3) is 0.643. The van der Waals surface area contributed by atoms with Crippen LogP contribution in [0.25, 0.3) is 0 Å². The molecule has 20 heavy (non-hydrogen) atoms. The molecule has 0 radical (unpaired) electrons. The van der Waals surface area contributed by atoms with E-state index in [0.717, 1.165) is 17.7 Å². The first-order valence-electron chi connectivity index (χ1n) is 6.83. The molecule has 6 nitrogen and oxygen atoms in total. The molecule has 0 aromatic carbocycles. The van der Waals surface area contributed by atoms with Gasteiger partial charge in [0.1, 0.15) is 12.1 Å². The van der Waals surface area contributed by atoms with E-state index in [1.54, 1.807) is 0 Å². The van der Waals surface area contributed by atoms with Gasteiger partial charge in [-0.25, -0.2) is 4.79 Å². The lowest BCUT2D eigenvalue weighted by atomic mass is 9.77. The van der Waals surface area contributed by atoms with Crippen LogP contribution in [0.2, 0.25) is 0 Å². The Labute approximate surface area is 118 Å². The number of nitrogens with zero attached hydrogens (tertiary/aromatic N) is 1. The van der Waals surface area contributed by atoms with E-state index in [4.69, 9.17) is 6.42 Å². The summed E-state index contributed by atoms with van der Waals surface area (Å²) < 4.78 is 0. The Kier molecular flexibility index (Phi) is 3.98. The maximum absolute atomic E-state index is 12.4. The molecular formula is C14H19N3O3. The van der Waals surface area contributed by atoms with E-state index in [2.05, 4.69) is 23.5 Å². The van der Waals surface area contributed by atoms with Crippen LogP contribution in [0.4, 0.5) is 4.79 Å². The molecule has 1 saturated carbocycles. The van der Waals surface area contributed by atoms with E-state index in [9.17, 15) is 14.4 Å². The van der Waals surface area contributed by atoms with Crippen molar-refractivity contribution < 1.29 is 14.4 Å². The average Bonchev–Trinajstić information content (AvgIpc) is 2.65. The van der Waals surface area contributed by atoms with E-state index in [1.807, 2.05) is 0 Å². The highest BCUT2D eigenvalue weighted by atomic mass is 16.2. The van der Waals surface area contributed by atoms with Crippen LogP contribution in [0.5, 0.6) is 0 Å². The van der Waals surface area contributed by atoms with Crippen molar-refractivity contribution in [1.29, 1.82) is 0 Å². The zero-order valence-electron chi connectivity index (χ0n) is 11.6. The van der Waals surface area contributed by atoms with E-state index in [0.29, 0.717) is 18.8 Å². The Bertz CT molecular complexity index is 473. The van der Waals surface area contributed by atoms with Crippen molar-refractivity contribution in [3.63, 3.8) is 0 Å². The molecule has 108 valence electrons. The molecule has 2 N–H and O–H groups in total. The number of nitrogens with one attached hydrogen (secondary N) is 2. The van der Waals surface area contributed by atoms with E-state index >= 15 is 0 Å². The number of carbonyl (C=O) groups excluding carboxylic acids is 3. The number of amides is 4. The van der Waals surface area contributed by atoms with Gasteiger partial charge in [-0.15, -0.1) is 6.42 Å². The number of imide groups is 1. The number of urea groups is 1. The lowest BCUT2D eigenvalue weighted by Crippen LogP contribution is -2.49. The Morgan fingerprint density at radius 2 is 2.15 bits per heavy atom. The first-order chi connectivity index (χ1) is 9.48. The summed E-state index contributed by atoms with van der Waals surface area (Å²) in [5, 5.41) is 5.22. The van der Waals surface area contributed by atoms with Crippen LogP contribution >= 0.6 is 0 Å². The van der Waals surface area contributed by atoms with Crippen molar-refractivity contribution in [3.05, 3.63) is 0 Å². The third-order valence-electron chi connectivity index (χ3n) is 4.06. The first-order valence-corrected chi connectivity index (χ1v) is 6.83. The zero-order valence-corrected chi connectivity index (χ0v) is 11.6. The summed E-state index contributed by atoms with van der Waals surface area (Å²) in [6, 6.07) is -0.486. The summed E-state index contributed by atoms with van der Waals surface area (Å²) in [6.45, 7) is 1.95. The van der Waals surface area contributed by atoms with E-state index < -0.39 is 17.5 Å². The highest BCUT2D eigenvalue weighted by Gasteiger charge is 2.52. The van der Waals surface area contributed by atoms with Crippen LogP contribution in [0.15, 0.2) is 0 Å². The molecule has 2 aliphatic rings. The largest absolute Gasteiger partial charge is 0.344 e. The molecule has 0 unspecified atom stereocenters. The summed E-state index contributed by atoms with van der Waals surface area (Å²) in [5.74, 6) is 2.13. The van der Waals surface area contributed by atoms with E-state index in [-0.39, 0.29) is 19.0 Å². The third kappa shape index (κ3) is 2.62. The molecule has 1 aliphatic heterocycles. The maximum atomic E-state index is 12.4. The Balaban J connectivity index is 2.02. The maximum Gasteiger partial charge on any atom is 0.325 e. The number of rotatable bonds is 3. The Morgan fingerprint density at radius 3 is 2.75 bits per heavy atom. The highest BCUT2D eigenvalue weighted by Crippen LogP contribution is 2.36. The van der Waals surface area contributed by atoms with Crippen LogP contribution in [-0.2, 0) is 9.59 Å². The molecule has 1 spiro atoms. The number of hydrogen-bond donors (Lipinski definition) is 2. The molecular weight excluding hydrogens is 258 g/mol. The van der Waals surface area contributed by atoms with Crippen molar-refractivity contribution in [3.8, 4) is 12.3 Å². The standard InChI is InChI=1S/C14H19N3O3/c1-3-8-15-11(18)9-17-12(19)14(16-13(17)20)6-4-10(2)5-7-14/h1,10H,4-9H2,2H3,(H,15,18)(H,16,20). The van der Waals surface area contributed by atoms with Gasteiger partial charge in [0.15, 0.2) is 0 Å². The van der Waals surface area contributed by atoms with Crippen LogP contribution in [-0.4, -0.2) is 41.4 Å². The lowest BCUT2D eigenvalue weighted by Gasteiger charge is -2.33. The average molecular weight is 277 g/mol. The summed E-state index contributed by atoms with van der Waals surface area (Å²) >= 11 is 0.